The first kappa shape index (κ1) is 13.0. The van der Waals surface area contributed by atoms with Crippen molar-refractivity contribution in [3.63, 3.8) is 0 Å². The third-order valence-electron chi connectivity index (χ3n) is 3.74. The van der Waals surface area contributed by atoms with Gasteiger partial charge in [-0.2, -0.15) is 9.78 Å². The summed E-state index contributed by atoms with van der Waals surface area (Å²) in [5.41, 5.74) is 1.39. The van der Waals surface area contributed by atoms with Crippen LogP contribution in [-0.4, -0.2) is 34.6 Å². The van der Waals surface area contributed by atoms with Gasteiger partial charge in [0.2, 0.25) is 0 Å². The monoisotopic (exact) mass is 335 g/mol. The molecule has 1 saturated carbocycles. The highest BCUT2D eigenvalue weighted by Crippen LogP contribution is 2.42. The van der Waals surface area contributed by atoms with Crippen LogP contribution in [0.1, 0.15) is 31.4 Å². The minimum absolute atomic E-state index is 0.175. The minimum atomic E-state index is -0.343. The van der Waals surface area contributed by atoms with Crippen LogP contribution in [0.3, 0.4) is 0 Å². The average molecular weight is 335 g/mol. The molecule has 0 N–H and O–H groups in total. The second-order valence-corrected chi connectivity index (χ2v) is 6.23. The molecule has 3 heterocycles. The molecule has 0 amide bonds. The maximum atomic E-state index is 12.2. The second kappa shape index (κ2) is 5.30. The molecule has 0 radical (unpaired) electrons. The average Bonchev–Trinajstić information content (AvgIpc) is 3.14. The number of nitrogens with zero attached hydrogens (tertiary/aromatic N) is 7. The molecule has 0 unspecified atom stereocenters. The molecule has 10 heteroatoms. The van der Waals surface area contributed by atoms with Crippen LogP contribution in [-0.2, 0) is 20.7 Å². The van der Waals surface area contributed by atoms with Crippen molar-refractivity contribution in [1.82, 2.24) is 34.6 Å². The largest absolute Gasteiger partial charge is 0.465 e. The van der Waals surface area contributed by atoms with Gasteiger partial charge in [0.1, 0.15) is 6.61 Å². The van der Waals surface area contributed by atoms with E-state index in [1.807, 2.05) is 0 Å². The lowest BCUT2D eigenvalue weighted by Crippen LogP contribution is -2.24. The SMILES string of the molecule is [3H]c1csc(OCc2c(C3CC3)nn(C)c2-n2nnn(C)c2=O)n1. The lowest BCUT2D eigenvalue weighted by molar-refractivity contribution is 0.302. The minimum Gasteiger partial charge on any atom is -0.465 e. The first-order valence-corrected chi connectivity index (χ1v) is 8.02. The molecule has 23 heavy (non-hydrogen) atoms. The predicted molar refractivity (Wildman–Crippen MR) is 81.8 cm³/mol. The van der Waals surface area contributed by atoms with Crippen molar-refractivity contribution in [3.8, 4) is 11.0 Å². The Balaban J connectivity index is 1.75. The Hall–Kier alpha value is -2.49. The first-order valence-electron chi connectivity index (χ1n) is 7.64. The number of thiazole rings is 1. The highest BCUT2D eigenvalue weighted by Gasteiger charge is 2.33. The Morgan fingerprint density at radius 2 is 2.22 bits per heavy atom. The smallest absolute Gasteiger partial charge is 0.369 e. The maximum Gasteiger partial charge on any atom is 0.369 e. The molecule has 0 atom stereocenters. The topological polar surface area (TPSA) is 92.7 Å². The maximum absolute atomic E-state index is 12.2. The Bertz CT molecular complexity index is 952. The molecule has 0 spiro atoms. The Morgan fingerprint density at radius 3 is 2.83 bits per heavy atom. The van der Waals surface area contributed by atoms with Gasteiger partial charge in [-0.15, -0.1) is 4.68 Å². The van der Waals surface area contributed by atoms with Crippen molar-refractivity contribution in [2.75, 3.05) is 0 Å². The van der Waals surface area contributed by atoms with Crippen molar-refractivity contribution in [2.45, 2.75) is 25.4 Å². The standard InChI is InChI=1S/C13H15N7O2S/c1-18-11(20-13(21)19(2)16-17-20)9(10(15-18)8-3-4-8)7-22-12-14-5-6-23-12/h5-6,8H,3-4,7H2,1-2H3/i5T. The third-order valence-corrected chi connectivity index (χ3v) is 4.37. The van der Waals surface area contributed by atoms with E-state index < -0.39 is 0 Å². The van der Waals surface area contributed by atoms with Crippen LogP contribution in [0.15, 0.2) is 16.3 Å². The first-order chi connectivity index (χ1) is 11.5. The Morgan fingerprint density at radius 1 is 1.39 bits per heavy atom. The number of hydrogen-bond donors (Lipinski definition) is 0. The van der Waals surface area contributed by atoms with E-state index in [2.05, 4.69) is 20.5 Å². The van der Waals surface area contributed by atoms with Gasteiger partial charge in [-0.25, -0.2) is 9.78 Å². The summed E-state index contributed by atoms with van der Waals surface area (Å²) >= 11 is 1.27. The van der Waals surface area contributed by atoms with Crippen molar-refractivity contribution in [3.05, 3.63) is 33.3 Å². The summed E-state index contributed by atoms with van der Waals surface area (Å²) in [6, 6.07) is 0. The molecule has 3 aromatic rings. The molecule has 1 aliphatic rings. The normalized spacial score (nSPS) is 15.0. The number of ether oxygens (including phenoxy) is 1. The number of aromatic nitrogens is 7. The fourth-order valence-electron chi connectivity index (χ4n) is 2.50. The molecule has 120 valence electrons. The lowest BCUT2D eigenvalue weighted by atomic mass is 10.2. The quantitative estimate of drug-likeness (QED) is 0.678. The van der Waals surface area contributed by atoms with Gasteiger partial charge in [-0.1, -0.05) is 11.3 Å². The molecular formula is C13H15N7O2S. The Labute approximate surface area is 136 Å². The molecule has 0 bridgehead atoms. The van der Waals surface area contributed by atoms with E-state index in [1.165, 1.54) is 20.7 Å². The van der Waals surface area contributed by atoms with E-state index in [0.29, 0.717) is 16.9 Å². The van der Waals surface area contributed by atoms with Crippen molar-refractivity contribution >= 4 is 11.3 Å². The molecule has 4 rings (SSSR count). The second-order valence-electron chi connectivity index (χ2n) is 5.41. The van der Waals surface area contributed by atoms with Gasteiger partial charge in [0.05, 0.1) is 12.6 Å². The van der Waals surface area contributed by atoms with Crippen LogP contribution < -0.4 is 10.4 Å². The van der Waals surface area contributed by atoms with E-state index in [-0.39, 0.29) is 18.5 Å². The molecule has 0 aromatic carbocycles. The zero-order valence-electron chi connectivity index (χ0n) is 13.6. The number of aryl methyl sites for hydroxylation is 2. The van der Waals surface area contributed by atoms with Crippen LogP contribution in [0.4, 0.5) is 0 Å². The van der Waals surface area contributed by atoms with Gasteiger partial charge < -0.3 is 4.74 Å². The van der Waals surface area contributed by atoms with E-state index in [0.717, 1.165) is 24.1 Å². The molecule has 0 saturated heterocycles. The summed E-state index contributed by atoms with van der Waals surface area (Å²) in [4.78, 5) is 16.2. The highest BCUT2D eigenvalue weighted by molar-refractivity contribution is 7.11. The molecule has 1 aliphatic carbocycles. The molecular weight excluding hydrogens is 318 g/mol. The van der Waals surface area contributed by atoms with Crippen LogP contribution in [0, 0.1) is 0 Å². The summed E-state index contributed by atoms with van der Waals surface area (Å²) in [6.07, 6.45) is 2.33. The highest BCUT2D eigenvalue weighted by atomic mass is 32.1. The number of hydrogen-bond acceptors (Lipinski definition) is 7. The van der Waals surface area contributed by atoms with Gasteiger partial charge in [0, 0.05) is 31.6 Å². The van der Waals surface area contributed by atoms with Gasteiger partial charge in [-0.3, -0.25) is 4.68 Å². The van der Waals surface area contributed by atoms with E-state index in [1.54, 1.807) is 24.2 Å². The predicted octanol–water partition coefficient (Wildman–Crippen LogP) is 0.612. The molecule has 3 aromatic heterocycles. The van der Waals surface area contributed by atoms with Crippen LogP contribution in [0.5, 0.6) is 5.19 Å². The van der Waals surface area contributed by atoms with Crippen molar-refractivity contribution < 1.29 is 6.11 Å². The summed E-state index contributed by atoms with van der Waals surface area (Å²) in [5, 5.41) is 14.3. The summed E-state index contributed by atoms with van der Waals surface area (Å²) in [6.45, 7) is 0.213. The van der Waals surface area contributed by atoms with Crippen LogP contribution in [0.25, 0.3) is 5.82 Å². The number of rotatable bonds is 5. The zero-order chi connectivity index (χ0) is 16.8. The summed E-state index contributed by atoms with van der Waals surface area (Å²) in [5.74, 6) is 0.941. The van der Waals surface area contributed by atoms with E-state index >= 15 is 0 Å². The lowest BCUT2D eigenvalue weighted by Gasteiger charge is -2.06. The Kier molecular flexibility index (Phi) is 3.00. The molecule has 0 aliphatic heterocycles. The third kappa shape index (κ3) is 2.44. The van der Waals surface area contributed by atoms with Gasteiger partial charge in [-0.05, 0) is 23.3 Å². The van der Waals surface area contributed by atoms with Crippen LogP contribution >= 0.6 is 11.3 Å². The molecule has 1 fully saturated rings. The van der Waals surface area contributed by atoms with Crippen molar-refractivity contribution in [2.24, 2.45) is 14.1 Å². The summed E-state index contributed by atoms with van der Waals surface area (Å²) in [7, 11) is 3.32. The van der Waals surface area contributed by atoms with E-state index in [9.17, 15) is 4.79 Å². The van der Waals surface area contributed by atoms with E-state index in [4.69, 9.17) is 6.11 Å². The number of tetrazole rings is 1. The molecule has 9 nitrogen and oxygen atoms in total. The summed E-state index contributed by atoms with van der Waals surface area (Å²) < 4.78 is 17.2. The fraction of sp³-hybridized carbons (Fsp3) is 0.462. The van der Waals surface area contributed by atoms with Crippen LogP contribution in [0.2, 0.25) is 0 Å². The fourth-order valence-corrected chi connectivity index (χ4v) is 2.93. The van der Waals surface area contributed by atoms with Gasteiger partial charge in [0.15, 0.2) is 5.82 Å². The van der Waals surface area contributed by atoms with Crippen molar-refractivity contribution in [1.29, 1.82) is 0 Å². The van der Waals surface area contributed by atoms with Gasteiger partial charge in [0.25, 0.3) is 5.19 Å². The zero-order valence-corrected chi connectivity index (χ0v) is 13.4. The van der Waals surface area contributed by atoms with Gasteiger partial charge >= 0.3 is 5.69 Å².